The highest BCUT2D eigenvalue weighted by Gasteiger charge is 2.15. The maximum atomic E-state index is 12.0. The molecule has 0 aromatic carbocycles. The van der Waals surface area contributed by atoms with Gasteiger partial charge >= 0.3 is 11.9 Å². The lowest BCUT2D eigenvalue weighted by atomic mass is 10.1. The van der Waals surface area contributed by atoms with Crippen molar-refractivity contribution in [2.24, 2.45) is 5.92 Å². The summed E-state index contributed by atoms with van der Waals surface area (Å²) in [5.74, 6) is -0.418. The Hall–Kier alpha value is -1.10. The van der Waals surface area contributed by atoms with Gasteiger partial charge in [0.05, 0.1) is 25.7 Å². The van der Waals surface area contributed by atoms with Crippen LogP contribution < -0.4 is 0 Å². The van der Waals surface area contributed by atoms with E-state index in [1.165, 1.54) is 51.4 Å². The first-order valence-electron chi connectivity index (χ1n) is 13.0. The van der Waals surface area contributed by atoms with Crippen molar-refractivity contribution in [1.82, 2.24) is 0 Å². The molecule has 0 aliphatic rings. The van der Waals surface area contributed by atoms with E-state index in [1.54, 1.807) is 0 Å². The molecule has 0 saturated heterocycles. The average molecular weight is 443 g/mol. The molecule has 0 bridgehead atoms. The number of carbonyl (C=O) groups excluding carboxylic acids is 2. The Labute approximate surface area is 192 Å². The first kappa shape index (κ1) is 29.9. The second-order valence-electron chi connectivity index (χ2n) is 8.70. The van der Waals surface area contributed by atoms with Crippen molar-refractivity contribution >= 4 is 11.9 Å². The Morgan fingerprint density at radius 3 is 1.42 bits per heavy atom. The highest BCUT2D eigenvalue weighted by Crippen LogP contribution is 2.10. The molecule has 0 amide bonds. The van der Waals surface area contributed by atoms with Crippen molar-refractivity contribution in [1.29, 1.82) is 0 Å². The maximum absolute atomic E-state index is 12.0. The van der Waals surface area contributed by atoms with Crippen LogP contribution >= 0.6 is 0 Å². The molecule has 0 saturated carbocycles. The van der Waals surface area contributed by atoms with Gasteiger partial charge < -0.3 is 14.2 Å². The summed E-state index contributed by atoms with van der Waals surface area (Å²) in [4.78, 5) is 24.1. The summed E-state index contributed by atoms with van der Waals surface area (Å²) in [5, 5.41) is 0. The maximum Gasteiger partial charge on any atom is 0.305 e. The molecule has 0 aliphatic carbocycles. The van der Waals surface area contributed by atoms with Crippen LogP contribution in [0.25, 0.3) is 0 Å². The SMILES string of the molecule is CCCCCCCCC(=O)OCC(COCCCC)COC(=O)CCCCCCCC. The molecule has 5 nitrogen and oxygen atoms in total. The van der Waals surface area contributed by atoms with Gasteiger partial charge in [-0.05, 0) is 19.3 Å². The van der Waals surface area contributed by atoms with Gasteiger partial charge in [-0.15, -0.1) is 0 Å². The van der Waals surface area contributed by atoms with Gasteiger partial charge in [0.15, 0.2) is 0 Å². The van der Waals surface area contributed by atoms with E-state index in [-0.39, 0.29) is 31.1 Å². The molecule has 184 valence electrons. The fraction of sp³-hybridized carbons (Fsp3) is 0.923. The third-order valence-electron chi connectivity index (χ3n) is 5.42. The predicted molar refractivity (Wildman–Crippen MR) is 127 cm³/mol. The highest BCUT2D eigenvalue weighted by molar-refractivity contribution is 5.69. The van der Waals surface area contributed by atoms with Gasteiger partial charge in [-0.2, -0.15) is 0 Å². The highest BCUT2D eigenvalue weighted by atomic mass is 16.6. The van der Waals surface area contributed by atoms with Crippen molar-refractivity contribution in [2.45, 2.75) is 124 Å². The number of esters is 2. The normalized spacial score (nSPS) is 11.1. The van der Waals surface area contributed by atoms with Gasteiger partial charge in [0.1, 0.15) is 0 Å². The summed E-state index contributed by atoms with van der Waals surface area (Å²) in [6, 6.07) is 0. The molecule has 0 N–H and O–H groups in total. The van der Waals surface area contributed by atoms with Gasteiger partial charge in [0.25, 0.3) is 0 Å². The minimum Gasteiger partial charge on any atom is -0.465 e. The Balaban J connectivity index is 4.07. The zero-order valence-corrected chi connectivity index (χ0v) is 20.8. The molecular weight excluding hydrogens is 392 g/mol. The average Bonchev–Trinajstić information content (AvgIpc) is 2.77. The van der Waals surface area contributed by atoms with Gasteiger partial charge in [0, 0.05) is 19.4 Å². The summed E-state index contributed by atoms with van der Waals surface area (Å²) in [7, 11) is 0. The van der Waals surface area contributed by atoms with Crippen LogP contribution in [0.2, 0.25) is 0 Å². The number of rotatable bonds is 23. The Morgan fingerprint density at radius 2 is 0.968 bits per heavy atom. The zero-order valence-electron chi connectivity index (χ0n) is 20.8. The van der Waals surface area contributed by atoms with Crippen molar-refractivity contribution in [3.05, 3.63) is 0 Å². The molecule has 0 rings (SSSR count). The Morgan fingerprint density at radius 1 is 0.548 bits per heavy atom. The fourth-order valence-electron chi connectivity index (χ4n) is 3.31. The van der Waals surface area contributed by atoms with Crippen LogP contribution in [0.1, 0.15) is 124 Å². The molecule has 0 atom stereocenters. The lowest BCUT2D eigenvalue weighted by Crippen LogP contribution is -2.25. The standard InChI is InChI=1S/C26H50O5/c1-4-7-10-12-14-16-18-25(27)30-22-24(21-29-20-9-6-3)23-31-26(28)19-17-15-13-11-8-5-2/h24H,4-23H2,1-3H3. The van der Waals surface area contributed by atoms with Crippen LogP contribution in [-0.2, 0) is 23.8 Å². The van der Waals surface area contributed by atoms with Gasteiger partial charge in [0.2, 0.25) is 0 Å². The zero-order chi connectivity index (χ0) is 23.0. The molecule has 0 aliphatic heterocycles. The van der Waals surface area contributed by atoms with Crippen LogP contribution in [0.5, 0.6) is 0 Å². The summed E-state index contributed by atoms with van der Waals surface area (Å²) in [6.07, 6.45) is 16.8. The lowest BCUT2D eigenvalue weighted by molar-refractivity contribution is -0.150. The van der Waals surface area contributed by atoms with E-state index in [1.807, 2.05) is 0 Å². The van der Waals surface area contributed by atoms with Crippen LogP contribution in [0.15, 0.2) is 0 Å². The van der Waals surface area contributed by atoms with E-state index in [2.05, 4.69) is 20.8 Å². The monoisotopic (exact) mass is 442 g/mol. The number of ether oxygens (including phenoxy) is 3. The van der Waals surface area contributed by atoms with Crippen molar-refractivity contribution in [3.8, 4) is 0 Å². The molecule has 31 heavy (non-hydrogen) atoms. The Bertz CT molecular complexity index is 379. The molecule has 5 heteroatoms. The number of carbonyl (C=O) groups is 2. The molecule has 0 radical (unpaired) electrons. The van der Waals surface area contributed by atoms with Crippen LogP contribution in [0, 0.1) is 5.92 Å². The van der Waals surface area contributed by atoms with E-state index in [9.17, 15) is 9.59 Å². The van der Waals surface area contributed by atoms with Crippen LogP contribution in [0.4, 0.5) is 0 Å². The smallest absolute Gasteiger partial charge is 0.305 e. The lowest BCUT2D eigenvalue weighted by Gasteiger charge is -2.17. The summed E-state index contributed by atoms with van der Waals surface area (Å²) < 4.78 is 16.6. The van der Waals surface area contributed by atoms with Crippen molar-refractivity contribution < 1.29 is 23.8 Å². The molecule has 0 aromatic rings. The van der Waals surface area contributed by atoms with E-state index in [4.69, 9.17) is 14.2 Å². The van der Waals surface area contributed by atoms with E-state index >= 15 is 0 Å². The summed E-state index contributed by atoms with van der Waals surface area (Å²) in [6.45, 7) is 8.17. The first-order valence-corrected chi connectivity index (χ1v) is 13.0. The van der Waals surface area contributed by atoms with Gasteiger partial charge in [-0.3, -0.25) is 9.59 Å². The third-order valence-corrected chi connectivity index (χ3v) is 5.42. The molecule has 0 aromatic heterocycles. The summed E-state index contributed by atoms with van der Waals surface area (Å²) >= 11 is 0. The first-order chi connectivity index (χ1) is 15.1. The van der Waals surface area contributed by atoms with Crippen LogP contribution in [-0.4, -0.2) is 38.4 Å². The van der Waals surface area contributed by atoms with Gasteiger partial charge in [-0.1, -0.05) is 91.4 Å². The fourth-order valence-corrected chi connectivity index (χ4v) is 3.31. The van der Waals surface area contributed by atoms with Crippen molar-refractivity contribution in [3.63, 3.8) is 0 Å². The molecule has 0 fully saturated rings. The van der Waals surface area contributed by atoms with E-state index < -0.39 is 0 Å². The predicted octanol–water partition coefficient (Wildman–Crippen LogP) is 7.01. The third kappa shape index (κ3) is 21.9. The molecule has 0 heterocycles. The number of hydrogen-bond donors (Lipinski definition) is 0. The minimum absolute atomic E-state index is 0.0983. The van der Waals surface area contributed by atoms with E-state index in [0.717, 1.165) is 38.5 Å². The second kappa shape index (κ2) is 23.6. The number of unbranched alkanes of at least 4 members (excludes halogenated alkanes) is 11. The molecular formula is C26H50O5. The summed E-state index contributed by atoms with van der Waals surface area (Å²) in [5.41, 5.74) is 0. The Kier molecular flexibility index (Phi) is 22.7. The van der Waals surface area contributed by atoms with Crippen LogP contribution in [0.3, 0.4) is 0 Å². The second-order valence-corrected chi connectivity index (χ2v) is 8.70. The van der Waals surface area contributed by atoms with E-state index in [0.29, 0.717) is 26.1 Å². The van der Waals surface area contributed by atoms with Crippen molar-refractivity contribution in [2.75, 3.05) is 26.4 Å². The minimum atomic E-state index is -0.160. The topological polar surface area (TPSA) is 61.8 Å². The number of hydrogen-bond acceptors (Lipinski definition) is 5. The molecule has 0 spiro atoms. The quantitative estimate of drug-likeness (QED) is 0.126. The van der Waals surface area contributed by atoms with Gasteiger partial charge in [-0.25, -0.2) is 0 Å². The molecule has 0 unspecified atom stereocenters. The largest absolute Gasteiger partial charge is 0.465 e.